The molecule has 0 aliphatic heterocycles. The maximum atomic E-state index is 9.58. The highest BCUT2D eigenvalue weighted by Gasteiger charge is 2.33. The first-order valence-electron chi connectivity index (χ1n) is 8.26. The second kappa shape index (κ2) is 7.48. The number of nitrogens with zero attached hydrogens (tertiary/aromatic N) is 1. The molecule has 0 saturated heterocycles. The van der Waals surface area contributed by atoms with E-state index in [9.17, 15) is 5.26 Å². The molecular formula is C19H27N. The fraction of sp³-hybridized carbons (Fsp3) is 0.632. The van der Waals surface area contributed by atoms with E-state index >= 15 is 0 Å². The minimum atomic E-state index is -0.331. The molecule has 0 fully saturated rings. The third-order valence-electron chi connectivity index (χ3n) is 4.83. The Morgan fingerprint density at radius 2 is 2.20 bits per heavy atom. The van der Waals surface area contributed by atoms with Crippen molar-refractivity contribution in [2.45, 2.75) is 64.7 Å². The van der Waals surface area contributed by atoms with E-state index < -0.39 is 0 Å². The lowest BCUT2D eigenvalue weighted by Crippen LogP contribution is -2.22. The van der Waals surface area contributed by atoms with Gasteiger partial charge in [-0.05, 0) is 37.2 Å². The Bertz CT molecular complexity index is 435. The Morgan fingerprint density at radius 1 is 1.30 bits per heavy atom. The maximum Gasteiger partial charge on any atom is 0.1000 e. The van der Waals surface area contributed by atoms with Crippen LogP contribution in [-0.2, 0) is 0 Å². The van der Waals surface area contributed by atoms with Crippen LogP contribution in [-0.4, -0.2) is 0 Å². The number of allylic oxidation sites excluding steroid dienone is 6. The zero-order chi connectivity index (χ0) is 14.3. The molecule has 108 valence electrons. The van der Waals surface area contributed by atoms with Crippen LogP contribution < -0.4 is 0 Å². The van der Waals surface area contributed by atoms with Crippen LogP contribution in [0.4, 0.5) is 0 Å². The molecule has 20 heavy (non-hydrogen) atoms. The number of nitriles is 1. The van der Waals surface area contributed by atoms with Gasteiger partial charge in [-0.15, -0.1) is 0 Å². The molecular weight excluding hydrogens is 242 g/mol. The summed E-state index contributed by atoms with van der Waals surface area (Å²) in [5.74, 6) is 0.856. The first-order chi connectivity index (χ1) is 9.80. The van der Waals surface area contributed by atoms with Crippen LogP contribution in [0.3, 0.4) is 0 Å². The van der Waals surface area contributed by atoms with Crippen molar-refractivity contribution in [1.82, 2.24) is 0 Å². The topological polar surface area (TPSA) is 23.8 Å². The number of hydrogen-bond acceptors (Lipinski definition) is 1. The summed E-state index contributed by atoms with van der Waals surface area (Å²) >= 11 is 0. The van der Waals surface area contributed by atoms with E-state index in [1.807, 2.05) is 6.08 Å². The highest BCUT2D eigenvalue weighted by molar-refractivity contribution is 5.37. The van der Waals surface area contributed by atoms with Crippen molar-refractivity contribution in [3.63, 3.8) is 0 Å². The lowest BCUT2D eigenvalue weighted by Gasteiger charge is -2.31. The van der Waals surface area contributed by atoms with Crippen molar-refractivity contribution in [3.05, 3.63) is 36.0 Å². The average Bonchev–Trinajstić information content (AvgIpc) is 2.53. The van der Waals surface area contributed by atoms with Gasteiger partial charge in [0.15, 0.2) is 0 Å². The Morgan fingerprint density at radius 3 is 2.80 bits per heavy atom. The van der Waals surface area contributed by atoms with Crippen molar-refractivity contribution in [1.29, 1.82) is 5.26 Å². The third-order valence-corrected chi connectivity index (χ3v) is 4.83. The quantitative estimate of drug-likeness (QED) is 0.447. The Labute approximate surface area is 124 Å². The first kappa shape index (κ1) is 15.1. The summed E-state index contributed by atoms with van der Waals surface area (Å²) < 4.78 is 0. The highest BCUT2D eigenvalue weighted by atomic mass is 14.4. The van der Waals surface area contributed by atoms with E-state index in [4.69, 9.17) is 0 Å². The summed E-state index contributed by atoms with van der Waals surface area (Å²) in [5.41, 5.74) is 1.03. The summed E-state index contributed by atoms with van der Waals surface area (Å²) in [7, 11) is 0. The molecule has 0 heterocycles. The summed E-state index contributed by atoms with van der Waals surface area (Å²) in [6, 6.07) is 2.56. The van der Waals surface area contributed by atoms with Crippen molar-refractivity contribution in [3.8, 4) is 6.07 Å². The van der Waals surface area contributed by atoms with Gasteiger partial charge in [0.05, 0.1) is 11.5 Å². The van der Waals surface area contributed by atoms with Crippen LogP contribution in [0.1, 0.15) is 64.7 Å². The molecule has 0 aromatic heterocycles. The smallest absolute Gasteiger partial charge is 0.1000 e. The summed E-state index contributed by atoms with van der Waals surface area (Å²) in [6.45, 7) is 2.27. The number of unbranched alkanes of at least 4 members (excludes halogenated alkanes) is 3. The summed E-state index contributed by atoms with van der Waals surface area (Å²) in [5, 5.41) is 9.58. The van der Waals surface area contributed by atoms with Crippen molar-refractivity contribution >= 4 is 0 Å². The standard InChI is InChI=1S/C19H27N/c1-2-3-4-6-9-17-10-12-18(13-11-17)19(16-20)14-7-5-8-15-19/h5,7-8,12,14,17H,2-4,6,9-11,13,15H2,1H3. The van der Waals surface area contributed by atoms with Crippen LogP contribution in [0.5, 0.6) is 0 Å². The minimum Gasteiger partial charge on any atom is -0.197 e. The molecule has 0 saturated carbocycles. The molecule has 2 aliphatic carbocycles. The summed E-state index contributed by atoms with van der Waals surface area (Å²) in [4.78, 5) is 0. The molecule has 2 rings (SSSR count). The van der Waals surface area contributed by atoms with E-state index in [1.54, 1.807) is 0 Å². The largest absolute Gasteiger partial charge is 0.197 e. The van der Waals surface area contributed by atoms with Crippen LogP contribution in [0.2, 0.25) is 0 Å². The van der Waals surface area contributed by atoms with Crippen LogP contribution in [0, 0.1) is 22.7 Å². The monoisotopic (exact) mass is 269 g/mol. The molecule has 2 unspecified atom stereocenters. The fourth-order valence-electron chi connectivity index (χ4n) is 3.43. The highest BCUT2D eigenvalue weighted by Crippen LogP contribution is 2.42. The molecule has 1 heteroatoms. The van der Waals surface area contributed by atoms with Gasteiger partial charge in [-0.25, -0.2) is 0 Å². The fourth-order valence-corrected chi connectivity index (χ4v) is 3.43. The van der Waals surface area contributed by atoms with Crippen LogP contribution in [0.15, 0.2) is 36.0 Å². The zero-order valence-electron chi connectivity index (χ0n) is 12.8. The maximum absolute atomic E-state index is 9.58. The Balaban J connectivity index is 1.87. The molecule has 0 N–H and O–H groups in total. The molecule has 0 bridgehead atoms. The molecule has 2 aliphatic rings. The van der Waals surface area contributed by atoms with Gasteiger partial charge < -0.3 is 0 Å². The van der Waals surface area contributed by atoms with E-state index in [1.165, 1.54) is 50.5 Å². The van der Waals surface area contributed by atoms with E-state index in [2.05, 4.69) is 37.3 Å². The molecule has 0 aromatic carbocycles. The molecule has 1 nitrogen and oxygen atoms in total. The van der Waals surface area contributed by atoms with Crippen molar-refractivity contribution in [2.75, 3.05) is 0 Å². The van der Waals surface area contributed by atoms with Gasteiger partial charge in [0.1, 0.15) is 0 Å². The summed E-state index contributed by atoms with van der Waals surface area (Å²) in [6.07, 6.45) is 22.0. The minimum absolute atomic E-state index is 0.331. The Hall–Kier alpha value is -1.29. The molecule has 0 radical (unpaired) electrons. The van der Waals surface area contributed by atoms with Gasteiger partial charge >= 0.3 is 0 Å². The number of hydrogen-bond donors (Lipinski definition) is 0. The van der Waals surface area contributed by atoms with Crippen molar-refractivity contribution < 1.29 is 0 Å². The van der Waals surface area contributed by atoms with Gasteiger partial charge in [0, 0.05) is 0 Å². The number of rotatable bonds is 6. The van der Waals surface area contributed by atoms with E-state index in [-0.39, 0.29) is 5.41 Å². The molecule has 0 spiro atoms. The predicted molar refractivity (Wildman–Crippen MR) is 85.1 cm³/mol. The van der Waals surface area contributed by atoms with Gasteiger partial charge in [-0.3, -0.25) is 0 Å². The lowest BCUT2D eigenvalue weighted by molar-refractivity contribution is 0.394. The Kier molecular flexibility index (Phi) is 5.65. The molecule has 0 aromatic rings. The second-order valence-corrected chi connectivity index (χ2v) is 6.29. The average molecular weight is 269 g/mol. The predicted octanol–water partition coefficient (Wildman–Crippen LogP) is 5.71. The molecule has 0 amide bonds. The SMILES string of the molecule is CCCCCCC1CC=C(C2(C#N)C=CC=CC2)CC1. The lowest BCUT2D eigenvalue weighted by atomic mass is 9.70. The van der Waals surface area contributed by atoms with Crippen molar-refractivity contribution in [2.24, 2.45) is 11.3 Å². The van der Waals surface area contributed by atoms with Crippen LogP contribution >= 0.6 is 0 Å². The van der Waals surface area contributed by atoms with Gasteiger partial charge in [-0.1, -0.05) is 69.4 Å². The normalized spacial score (nSPS) is 29.0. The van der Waals surface area contributed by atoms with E-state index in [0.29, 0.717) is 0 Å². The molecule has 2 atom stereocenters. The van der Waals surface area contributed by atoms with Gasteiger partial charge in [0.2, 0.25) is 0 Å². The van der Waals surface area contributed by atoms with Gasteiger partial charge in [-0.2, -0.15) is 5.26 Å². The third kappa shape index (κ3) is 3.63. The van der Waals surface area contributed by atoms with Crippen LogP contribution in [0.25, 0.3) is 0 Å². The zero-order valence-corrected chi connectivity index (χ0v) is 12.8. The second-order valence-electron chi connectivity index (χ2n) is 6.29. The van der Waals surface area contributed by atoms with Gasteiger partial charge in [0.25, 0.3) is 0 Å². The first-order valence-corrected chi connectivity index (χ1v) is 8.26. The van der Waals surface area contributed by atoms with E-state index in [0.717, 1.165) is 18.8 Å².